The van der Waals surface area contributed by atoms with Gasteiger partial charge in [-0.25, -0.2) is 4.99 Å². The summed E-state index contributed by atoms with van der Waals surface area (Å²) >= 11 is 0. The SMILES string of the molecule is CCNC(=NCc1cccc(C(N)=O)c1)N1CCN(C(=O)c2ccco2)CC1. The van der Waals surface area contributed by atoms with E-state index >= 15 is 0 Å². The lowest BCUT2D eigenvalue weighted by molar-refractivity contribution is 0.0657. The molecule has 1 aromatic heterocycles. The number of amides is 2. The Bertz CT molecular complexity index is 839. The molecule has 0 unspecified atom stereocenters. The second-order valence-corrected chi connectivity index (χ2v) is 6.49. The van der Waals surface area contributed by atoms with E-state index in [0.29, 0.717) is 44.0 Å². The molecule has 0 saturated carbocycles. The van der Waals surface area contributed by atoms with Gasteiger partial charge in [-0.05, 0) is 36.8 Å². The number of aliphatic imine (C=N–C) groups is 1. The average Bonchev–Trinajstić information content (AvgIpc) is 3.26. The van der Waals surface area contributed by atoms with E-state index in [1.165, 1.54) is 6.26 Å². The number of rotatable bonds is 5. The van der Waals surface area contributed by atoms with Crippen LogP contribution in [0, 0.1) is 0 Å². The van der Waals surface area contributed by atoms with Gasteiger partial charge in [-0.15, -0.1) is 0 Å². The zero-order valence-electron chi connectivity index (χ0n) is 15.9. The molecule has 0 atom stereocenters. The zero-order chi connectivity index (χ0) is 19.9. The molecule has 28 heavy (non-hydrogen) atoms. The molecule has 1 aromatic carbocycles. The molecule has 0 radical (unpaired) electrons. The molecule has 2 heterocycles. The van der Waals surface area contributed by atoms with Crippen LogP contribution in [0.3, 0.4) is 0 Å². The topological polar surface area (TPSA) is 104 Å². The molecule has 0 spiro atoms. The second-order valence-electron chi connectivity index (χ2n) is 6.49. The number of nitrogens with two attached hydrogens (primary N) is 1. The molecule has 1 saturated heterocycles. The molecule has 3 N–H and O–H groups in total. The van der Waals surface area contributed by atoms with E-state index in [2.05, 4.69) is 15.2 Å². The fourth-order valence-electron chi connectivity index (χ4n) is 3.09. The molecule has 0 aliphatic carbocycles. The van der Waals surface area contributed by atoms with Crippen molar-refractivity contribution in [3.8, 4) is 0 Å². The molecular formula is C20H25N5O3. The van der Waals surface area contributed by atoms with Crippen molar-refractivity contribution in [2.24, 2.45) is 10.7 Å². The molecule has 1 aliphatic heterocycles. The summed E-state index contributed by atoms with van der Waals surface area (Å²) in [5.74, 6) is 0.616. The second kappa shape index (κ2) is 9.07. The zero-order valence-corrected chi connectivity index (χ0v) is 15.9. The first-order chi connectivity index (χ1) is 13.6. The first-order valence-electron chi connectivity index (χ1n) is 9.33. The van der Waals surface area contributed by atoms with Crippen LogP contribution < -0.4 is 11.1 Å². The molecule has 2 amide bonds. The number of hydrogen-bond donors (Lipinski definition) is 2. The maximum absolute atomic E-state index is 12.4. The minimum Gasteiger partial charge on any atom is -0.459 e. The Hall–Kier alpha value is -3.29. The van der Waals surface area contributed by atoms with Gasteiger partial charge in [-0.2, -0.15) is 0 Å². The van der Waals surface area contributed by atoms with Gasteiger partial charge in [-0.1, -0.05) is 12.1 Å². The van der Waals surface area contributed by atoms with E-state index in [-0.39, 0.29) is 5.91 Å². The van der Waals surface area contributed by atoms with Crippen molar-refractivity contribution in [1.29, 1.82) is 0 Å². The molecule has 8 nitrogen and oxygen atoms in total. The number of primary amides is 1. The van der Waals surface area contributed by atoms with Crippen LogP contribution in [-0.2, 0) is 6.54 Å². The van der Waals surface area contributed by atoms with Crippen LogP contribution in [0.4, 0.5) is 0 Å². The van der Waals surface area contributed by atoms with Crippen LogP contribution in [0.2, 0.25) is 0 Å². The Kier molecular flexibility index (Phi) is 6.31. The van der Waals surface area contributed by atoms with Crippen molar-refractivity contribution in [3.05, 3.63) is 59.5 Å². The lowest BCUT2D eigenvalue weighted by Crippen LogP contribution is -2.53. The number of furan rings is 1. The van der Waals surface area contributed by atoms with Gasteiger partial charge in [0.05, 0.1) is 12.8 Å². The van der Waals surface area contributed by atoms with Crippen molar-refractivity contribution >= 4 is 17.8 Å². The van der Waals surface area contributed by atoms with Gasteiger partial charge >= 0.3 is 0 Å². The van der Waals surface area contributed by atoms with E-state index in [4.69, 9.17) is 10.2 Å². The maximum atomic E-state index is 12.4. The predicted molar refractivity (Wildman–Crippen MR) is 106 cm³/mol. The Morgan fingerprint density at radius 3 is 2.54 bits per heavy atom. The Balaban J connectivity index is 1.63. The van der Waals surface area contributed by atoms with E-state index in [0.717, 1.165) is 18.1 Å². The number of carbonyl (C=O) groups is 2. The van der Waals surface area contributed by atoms with Crippen molar-refractivity contribution in [3.63, 3.8) is 0 Å². The highest BCUT2D eigenvalue weighted by Crippen LogP contribution is 2.11. The molecule has 1 aliphatic rings. The summed E-state index contributed by atoms with van der Waals surface area (Å²) in [6.07, 6.45) is 1.51. The Morgan fingerprint density at radius 1 is 1.14 bits per heavy atom. The number of piperazine rings is 1. The Morgan fingerprint density at radius 2 is 1.89 bits per heavy atom. The van der Waals surface area contributed by atoms with E-state index in [1.54, 1.807) is 35.2 Å². The highest BCUT2D eigenvalue weighted by Gasteiger charge is 2.25. The van der Waals surface area contributed by atoms with Gasteiger partial charge in [0.15, 0.2) is 11.7 Å². The summed E-state index contributed by atoms with van der Waals surface area (Å²) < 4.78 is 5.20. The van der Waals surface area contributed by atoms with E-state index < -0.39 is 5.91 Å². The average molecular weight is 383 g/mol. The highest BCUT2D eigenvalue weighted by atomic mass is 16.3. The maximum Gasteiger partial charge on any atom is 0.289 e. The number of hydrogen-bond acceptors (Lipinski definition) is 4. The molecular weight excluding hydrogens is 358 g/mol. The molecule has 0 bridgehead atoms. The summed E-state index contributed by atoms with van der Waals surface area (Å²) in [5, 5.41) is 3.29. The third kappa shape index (κ3) is 4.70. The van der Waals surface area contributed by atoms with Crippen molar-refractivity contribution in [1.82, 2.24) is 15.1 Å². The minimum absolute atomic E-state index is 0.0881. The lowest BCUT2D eigenvalue weighted by atomic mass is 10.1. The minimum atomic E-state index is -0.449. The quantitative estimate of drug-likeness (QED) is 0.598. The van der Waals surface area contributed by atoms with Crippen LogP contribution in [0.5, 0.6) is 0 Å². The number of nitrogens with one attached hydrogen (secondary N) is 1. The van der Waals surface area contributed by atoms with Crippen LogP contribution in [0.1, 0.15) is 33.4 Å². The number of nitrogens with zero attached hydrogens (tertiary/aromatic N) is 3. The monoisotopic (exact) mass is 383 g/mol. The third-order valence-corrected chi connectivity index (χ3v) is 4.56. The van der Waals surface area contributed by atoms with Gasteiger partial charge in [0.2, 0.25) is 5.91 Å². The van der Waals surface area contributed by atoms with Crippen molar-refractivity contribution in [2.75, 3.05) is 32.7 Å². The fourth-order valence-corrected chi connectivity index (χ4v) is 3.09. The first-order valence-corrected chi connectivity index (χ1v) is 9.33. The van der Waals surface area contributed by atoms with Gasteiger partial charge in [0, 0.05) is 38.3 Å². The number of carbonyl (C=O) groups excluding carboxylic acids is 2. The summed E-state index contributed by atoms with van der Waals surface area (Å²) in [5.41, 5.74) is 6.73. The molecule has 1 fully saturated rings. The smallest absolute Gasteiger partial charge is 0.289 e. The molecule has 148 valence electrons. The summed E-state index contributed by atoms with van der Waals surface area (Å²) in [4.78, 5) is 32.3. The number of guanidine groups is 1. The largest absolute Gasteiger partial charge is 0.459 e. The van der Waals surface area contributed by atoms with E-state index in [1.807, 2.05) is 13.0 Å². The molecule has 8 heteroatoms. The van der Waals surface area contributed by atoms with Crippen molar-refractivity contribution < 1.29 is 14.0 Å². The molecule has 3 rings (SSSR count). The predicted octanol–water partition coefficient (Wildman–Crippen LogP) is 1.30. The summed E-state index contributed by atoms with van der Waals surface area (Å²) in [6.45, 7) is 5.75. The first kappa shape index (κ1) is 19.5. The van der Waals surface area contributed by atoms with Gasteiger partial charge in [0.1, 0.15) is 0 Å². The summed E-state index contributed by atoms with van der Waals surface area (Å²) in [7, 11) is 0. The van der Waals surface area contributed by atoms with E-state index in [9.17, 15) is 9.59 Å². The lowest BCUT2D eigenvalue weighted by Gasteiger charge is -2.36. The van der Waals surface area contributed by atoms with Crippen LogP contribution in [-0.4, -0.2) is 60.3 Å². The van der Waals surface area contributed by atoms with Crippen LogP contribution in [0.15, 0.2) is 52.1 Å². The summed E-state index contributed by atoms with van der Waals surface area (Å²) in [6, 6.07) is 10.6. The van der Waals surface area contributed by atoms with Gasteiger partial charge < -0.3 is 25.3 Å². The standard InChI is InChI=1S/C20H25N5O3/c1-2-22-20(23-14-15-5-3-6-16(13-15)18(21)26)25-10-8-24(9-11-25)19(27)17-7-4-12-28-17/h3-7,12-13H,2,8-11,14H2,1H3,(H2,21,26)(H,22,23). The van der Waals surface area contributed by atoms with Crippen LogP contribution in [0.25, 0.3) is 0 Å². The number of benzene rings is 1. The normalized spacial score (nSPS) is 14.8. The van der Waals surface area contributed by atoms with Gasteiger partial charge in [-0.3, -0.25) is 9.59 Å². The van der Waals surface area contributed by atoms with Crippen LogP contribution >= 0.6 is 0 Å². The fraction of sp³-hybridized carbons (Fsp3) is 0.350. The van der Waals surface area contributed by atoms with Gasteiger partial charge in [0.25, 0.3) is 5.91 Å². The highest BCUT2D eigenvalue weighted by molar-refractivity contribution is 5.93. The molecule has 2 aromatic rings. The van der Waals surface area contributed by atoms with Crippen molar-refractivity contribution in [2.45, 2.75) is 13.5 Å². The Labute approximate surface area is 164 Å². The third-order valence-electron chi connectivity index (χ3n) is 4.56.